The normalized spacial score (nSPS) is 10.5. The molecule has 0 aliphatic heterocycles. The van der Waals surface area contributed by atoms with Crippen LogP contribution < -0.4 is 5.73 Å². The molecular weight excluding hydrogens is 190 g/mol. The Hall–Kier alpha value is -1.69. The largest absolute Gasteiger partial charge is 0.382 e. The van der Waals surface area contributed by atoms with Gasteiger partial charge in [-0.1, -0.05) is 6.07 Å². The Kier molecular flexibility index (Phi) is 1.63. The maximum Gasteiger partial charge on any atom is 0.281 e. The number of anilines is 1. The van der Waals surface area contributed by atoms with Gasteiger partial charge in [-0.15, -0.1) is 0 Å². The lowest BCUT2D eigenvalue weighted by atomic mass is 10.2. The molecule has 0 saturated carbocycles. The summed E-state index contributed by atoms with van der Waals surface area (Å²) in [5, 5.41) is 11.0. The zero-order valence-electron chi connectivity index (χ0n) is 6.43. The molecule has 6 heteroatoms. The Morgan fingerprint density at radius 3 is 3.00 bits per heavy atom. The zero-order valence-corrected chi connectivity index (χ0v) is 7.25. The molecule has 0 saturated heterocycles. The zero-order chi connectivity index (χ0) is 9.42. The van der Waals surface area contributed by atoms with E-state index in [0.717, 1.165) is 4.70 Å². The molecule has 0 atom stereocenters. The molecule has 1 heterocycles. The standard InChI is InChI=1S/C7H5N3O2S/c8-7-6-4(10(11)12)2-1-3-5(6)13-9-7/h1-3H,(H2,8,9). The van der Waals surface area contributed by atoms with Gasteiger partial charge in [-0.25, -0.2) is 0 Å². The monoisotopic (exact) mass is 195 g/mol. The molecule has 0 fully saturated rings. The van der Waals surface area contributed by atoms with Gasteiger partial charge < -0.3 is 5.73 Å². The van der Waals surface area contributed by atoms with E-state index in [-0.39, 0.29) is 11.5 Å². The van der Waals surface area contributed by atoms with Crippen molar-refractivity contribution >= 4 is 33.1 Å². The molecule has 5 nitrogen and oxygen atoms in total. The van der Waals surface area contributed by atoms with Gasteiger partial charge in [0.05, 0.1) is 9.62 Å². The highest BCUT2D eigenvalue weighted by atomic mass is 32.1. The number of rotatable bonds is 1. The van der Waals surface area contributed by atoms with Crippen LogP contribution in [0.5, 0.6) is 0 Å². The number of nitro benzene ring substituents is 1. The van der Waals surface area contributed by atoms with Crippen LogP contribution in [-0.4, -0.2) is 9.30 Å². The molecule has 1 aromatic heterocycles. The van der Waals surface area contributed by atoms with Gasteiger partial charge in [0, 0.05) is 6.07 Å². The molecule has 1 aromatic carbocycles. The highest BCUT2D eigenvalue weighted by molar-refractivity contribution is 7.13. The number of nitro groups is 1. The Labute approximate surface area is 77.1 Å². The summed E-state index contributed by atoms with van der Waals surface area (Å²) >= 11 is 1.17. The summed E-state index contributed by atoms with van der Waals surface area (Å²) in [7, 11) is 0. The van der Waals surface area contributed by atoms with Crippen molar-refractivity contribution in [2.24, 2.45) is 0 Å². The van der Waals surface area contributed by atoms with Crippen molar-refractivity contribution in [1.29, 1.82) is 0 Å². The predicted octanol–water partition coefficient (Wildman–Crippen LogP) is 1.79. The second-order valence-electron chi connectivity index (χ2n) is 2.48. The molecule has 0 radical (unpaired) electrons. The third kappa shape index (κ3) is 1.11. The van der Waals surface area contributed by atoms with E-state index in [2.05, 4.69) is 4.37 Å². The van der Waals surface area contributed by atoms with Crippen LogP contribution in [0.15, 0.2) is 18.2 Å². The maximum atomic E-state index is 10.6. The predicted molar refractivity (Wildman–Crippen MR) is 50.7 cm³/mol. The van der Waals surface area contributed by atoms with Gasteiger partial charge in [0.25, 0.3) is 5.69 Å². The van der Waals surface area contributed by atoms with Crippen LogP contribution in [0.2, 0.25) is 0 Å². The third-order valence-corrected chi connectivity index (χ3v) is 2.52. The molecule has 0 aliphatic rings. The molecule has 2 aromatic rings. The molecule has 0 bridgehead atoms. The first-order valence-electron chi connectivity index (χ1n) is 3.48. The lowest BCUT2D eigenvalue weighted by molar-refractivity contribution is -0.383. The fourth-order valence-electron chi connectivity index (χ4n) is 1.15. The number of hydrogen-bond donors (Lipinski definition) is 1. The fraction of sp³-hybridized carbons (Fsp3) is 0. The Bertz CT molecular complexity index is 480. The Morgan fingerprint density at radius 2 is 2.31 bits per heavy atom. The van der Waals surface area contributed by atoms with Crippen LogP contribution in [0.3, 0.4) is 0 Å². The molecule has 0 unspecified atom stereocenters. The number of hydrogen-bond acceptors (Lipinski definition) is 5. The van der Waals surface area contributed by atoms with Crippen LogP contribution >= 0.6 is 11.5 Å². The molecule has 0 aliphatic carbocycles. The van der Waals surface area contributed by atoms with E-state index in [1.807, 2.05) is 0 Å². The number of nitrogens with zero attached hydrogens (tertiary/aromatic N) is 2. The maximum absolute atomic E-state index is 10.6. The van der Waals surface area contributed by atoms with E-state index in [1.54, 1.807) is 12.1 Å². The summed E-state index contributed by atoms with van der Waals surface area (Å²) in [6.07, 6.45) is 0. The van der Waals surface area contributed by atoms with E-state index in [1.165, 1.54) is 17.6 Å². The summed E-state index contributed by atoms with van der Waals surface area (Å²) in [6.45, 7) is 0. The van der Waals surface area contributed by atoms with Crippen LogP contribution in [0.25, 0.3) is 10.1 Å². The topological polar surface area (TPSA) is 82.0 Å². The van der Waals surface area contributed by atoms with Gasteiger partial charge in [0.2, 0.25) is 0 Å². The lowest BCUT2D eigenvalue weighted by Gasteiger charge is -1.92. The first kappa shape index (κ1) is 7.93. The first-order chi connectivity index (χ1) is 6.20. The molecule has 66 valence electrons. The number of benzene rings is 1. The fourth-order valence-corrected chi connectivity index (χ4v) is 1.88. The van der Waals surface area contributed by atoms with Crippen LogP contribution in [0.4, 0.5) is 11.5 Å². The number of aromatic nitrogens is 1. The molecule has 0 amide bonds. The van der Waals surface area contributed by atoms with Crippen molar-refractivity contribution in [2.45, 2.75) is 0 Å². The summed E-state index contributed by atoms with van der Waals surface area (Å²) in [4.78, 5) is 10.1. The number of nitrogens with two attached hydrogens (primary N) is 1. The minimum atomic E-state index is -0.451. The summed E-state index contributed by atoms with van der Waals surface area (Å²) in [5.74, 6) is 0.229. The van der Waals surface area contributed by atoms with Crippen molar-refractivity contribution < 1.29 is 4.92 Å². The van der Waals surface area contributed by atoms with Crippen LogP contribution in [0.1, 0.15) is 0 Å². The average molecular weight is 195 g/mol. The highest BCUT2D eigenvalue weighted by Crippen LogP contribution is 2.32. The summed E-state index contributed by atoms with van der Waals surface area (Å²) in [5.41, 5.74) is 5.53. The summed E-state index contributed by atoms with van der Waals surface area (Å²) < 4.78 is 4.60. The van der Waals surface area contributed by atoms with Crippen LogP contribution in [-0.2, 0) is 0 Å². The van der Waals surface area contributed by atoms with Gasteiger partial charge in [0.1, 0.15) is 5.39 Å². The van der Waals surface area contributed by atoms with E-state index in [0.29, 0.717) is 5.39 Å². The quantitative estimate of drug-likeness (QED) is 0.555. The van der Waals surface area contributed by atoms with E-state index >= 15 is 0 Å². The summed E-state index contributed by atoms with van der Waals surface area (Å²) in [6, 6.07) is 4.81. The van der Waals surface area contributed by atoms with Gasteiger partial charge >= 0.3 is 0 Å². The smallest absolute Gasteiger partial charge is 0.281 e. The van der Waals surface area contributed by atoms with Crippen molar-refractivity contribution in [2.75, 3.05) is 5.73 Å². The van der Waals surface area contributed by atoms with Crippen molar-refractivity contribution in [3.8, 4) is 0 Å². The highest BCUT2D eigenvalue weighted by Gasteiger charge is 2.15. The second-order valence-corrected chi connectivity index (χ2v) is 3.28. The van der Waals surface area contributed by atoms with Gasteiger partial charge in [0.15, 0.2) is 5.82 Å². The molecule has 2 N–H and O–H groups in total. The number of non-ortho nitro benzene ring substituents is 1. The number of fused-ring (bicyclic) bond motifs is 1. The van der Waals surface area contributed by atoms with E-state index in [4.69, 9.17) is 5.73 Å². The van der Waals surface area contributed by atoms with Crippen LogP contribution in [0, 0.1) is 10.1 Å². The number of nitrogen functional groups attached to an aromatic ring is 1. The Balaban J connectivity index is 2.88. The average Bonchev–Trinajstić information content (AvgIpc) is 2.48. The van der Waals surface area contributed by atoms with Gasteiger partial charge in [-0.2, -0.15) is 4.37 Å². The van der Waals surface area contributed by atoms with E-state index < -0.39 is 4.92 Å². The minimum Gasteiger partial charge on any atom is -0.382 e. The minimum absolute atomic E-state index is 0.0174. The van der Waals surface area contributed by atoms with Crippen molar-refractivity contribution in [3.05, 3.63) is 28.3 Å². The molecular formula is C7H5N3O2S. The van der Waals surface area contributed by atoms with Crippen molar-refractivity contribution in [3.63, 3.8) is 0 Å². The van der Waals surface area contributed by atoms with Gasteiger partial charge in [-0.3, -0.25) is 10.1 Å². The lowest BCUT2D eigenvalue weighted by Crippen LogP contribution is -1.91. The Morgan fingerprint density at radius 1 is 1.54 bits per heavy atom. The van der Waals surface area contributed by atoms with Crippen molar-refractivity contribution in [1.82, 2.24) is 4.37 Å². The molecule has 13 heavy (non-hydrogen) atoms. The van der Waals surface area contributed by atoms with Gasteiger partial charge in [-0.05, 0) is 17.6 Å². The van der Waals surface area contributed by atoms with E-state index in [9.17, 15) is 10.1 Å². The second kappa shape index (κ2) is 2.67. The molecule has 2 rings (SSSR count). The SMILES string of the molecule is Nc1nsc2cccc([N+](=O)[O-])c12. The molecule has 0 spiro atoms. The first-order valence-corrected chi connectivity index (χ1v) is 4.26. The third-order valence-electron chi connectivity index (χ3n) is 1.70.